The second-order valence-corrected chi connectivity index (χ2v) is 14.2. The first-order valence-electron chi connectivity index (χ1n) is 13.8. The van der Waals surface area contributed by atoms with Crippen LogP contribution in [0.25, 0.3) is 0 Å². The SMILES string of the molecule is COC(=O)c1[nH]cc(Br)c1Cl.COC(=O)c1[nH]ccc1Cl.COC(=O)c1c(Cl)c(Br)cn1CCCBr.O=C1NCCCn2cc(Br)c(Cl)c21. The monoisotopic (exact) mass is 1010 g/mol. The van der Waals surface area contributed by atoms with Gasteiger partial charge in [0.05, 0.1) is 54.8 Å². The minimum absolute atomic E-state index is 0.0896. The molecule has 0 fully saturated rings. The van der Waals surface area contributed by atoms with Gasteiger partial charge in [-0.25, -0.2) is 14.4 Å². The number of nitrogens with one attached hydrogen (secondary N) is 3. The van der Waals surface area contributed by atoms with E-state index in [0.29, 0.717) is 52.7 Å². The van der Waals surface area contributed by atoms with Crippen LogP contribution in [0.15, 0.2) is 44.3 Å². The molecular weight excluding hydrogens is 992 g/mol. The fraction of sp³-hybridized carbons (Fsp3) is 0.310. The molecule has 3 N–H and O–H groups in total. The van der Waals surface area contributed by atoms with Gasteiger partial charge < -0.3 is 38.6 Å². The third-order valence-electron chi connectivity index (χ3n) is 6.18. The average molecular weight is 1020 g/mol. The number of aromatic amines is 2. The van der Waals surface area contributed by atoms with Gasteiger partial charge in [0.2, 0.25) is 0 Å². The smallest absolute Gasteiger partial charge is 0.356 e. The quantitative estimate of drug-likeness (QED) is 0.0991. The number of rotatable bonds is 6. The third kappa shape index (κ3) is 12.1. The van der Waals surface area contributed by atoms with Gasteiger partial charge in [-0.05, 0) is 66.7 Å². The number of esters is 3. The fourth-order valence-corrected chi connectivity index (χ4v) is 6.18. The number of carbonyl (C=O) groups is 4. The minimum atomic E-state index is -0.472. The Hall–Kier alpha value is -1.92. The van der Waals surface area contributed by atoms with Crippen LogP contribution in [0.5, 0.6) is 0 Å². The van der Waals surface area contributed by atoms with E-state index in [0.717, 1.165) is 35.7 Å². The number of aromatic nitrogens is 4. The summed E-state index contributed by atoms with van der Waals surface area (Å²) in [6.45, 7) is 2.27. The number of methoxy groups -OCH3 is 3. The molecule has 1 aliphatic rings. The van der Waals surface area contributed by atoms with Crippen molar-refractivity contribution in [3.8, 4) is 0 Å². The molecule has 268 valence electrons. The van der Waals surface area contributed by atoms with E-state index in [2.05, 4.69) is 93.2 Å². The molecule has 20 heteroatoms. The van der Waals surface area contributed by atoms with Crippen molar-refractivity contribution in [1.29, 1.82) is 0 Å². The molecule has 0 radical (unpaired) electrons. The average Bonchev–Trinajstić information content (AvgIpc) is 3.79. The predicted octanol–water partition coefficient (Wildman–Crippen LogP) is 9.18. The molecule has 0 saturated heterocycles. The van der Waals surface area contributed by atoms with Crippen LogP contribution in [0.2, 0.25) is 20.1 Å². The molecule has 49 heavy (non-hydrogen) atoms. The molecule has 5 rings (SSSR count). The van der Waals surface area contributed by atoms with Crippen molar-refractivity contribution in [3.63, 3.8) is 0 Å². The van der Waals surface area contributed by atoms with Crippen molar-refractivity contribution >= 4 is 134 Å². The molecule has 4 aromatic heterocycles. The normalized spacial score (nSPS) is 11.6. The molecule has 12 nitrogen and oxygen atoms in total. The summed E-state index contributed by atoms with van der Waals surface area (Å²) in [6, 6.07) is 1.59. The summed E-state index contributed by atoms with van der Waals surface area (Å²) in [4.78, 5) is 49.9. The van der Waals surface area contributed by atoms with E-state index in [-0.39, 0.29) is 11.6 Å². The zero-order chi connectivity index (χ0) is 36.8. The fourth-order valence-electron chi connectivity index (χ4n) is 3.89. The van der Waals surface area contributed by atoms with Crippen LogP contribution in [0.3, 0.4) is 0 Å². The number of nitrogens with zero attached hydrogens (tertiary/aromatic N) is 2. The van der Waals surface area contributed by atoms with Crippen molar-refractivity contribution in [1.82, 2.24) is 24.4 Å². The summed E-state index contributed by atoms with van der Waals surface area (Å²) in [6.07, 6.45) is 8.65. The topological polar surface area (TPSA) is 149 Å². The van der Waals surface area contributed by atoms with Crippen molar-refractivity contribution < 1.29 is 33.4 Å². The second-order valence-electron chi connectivity index (χ2n) is 9.32. The Balaban J connectivity index is 0.000000229. The van der Waals surface area contributed by atoms with Gasteiger partial charge in [0.15, 0.2) is 0 Å². The van der Waals surface area contributed by atoms with Gasteiger partial charge in [-0.15, -0.1) is 0 Å². The number of hydrogen-bond donors (Lipinski definition) is 3. The molecule has 4 aromatic rings. The molecule has 0 saturated carbocycles. The van der Waals surface area contributed by atoms with Crippen LogP contribution < -0.4 is 5.32 Å². The van der Waals surface area contributed by atoms with Gasteiger partial charge in [-0.2, -0.15) is 0 Å². The lowest BCUT2D eigenvalue weighted by molar-refractivity contribution is 0.0581. The van der Waals surface area contributed by atoms with E-state index in [1.807, 2.05) is 10.8 Å². The molecule has 0 aromatic carbocycles. The molecule has 0 spiro atoms. The van der Waals surface area contributed by atoms with E-state index < -0.39 is 17.9 Å². The molecule has 1 amide bonds. The summed E-state index contributed by atoms with van der Waals surface area (Å²) < 4.78 is 19.4. The highest BCUT2D eigenvalue weighted by Gasteiger charge is 2.22. The third-order valence-corrected chi connectivity index (χ3v) is 10.7. The number of H-pyrrole nitrogens is 2. The summed E-state index contributed by atoms with van der Waals surface area (Å²) in [5, 5.41) is 5.29. The van der Waals surface area contributed by atoms with Crippen molar-refractivity contribution in [2.24, 2.45) is 0 Å². The lowest BCUT2D eigenvalue weighted by atomic mass is 10.4. The number of carbonyl (C=O) groups excluding carboxylic acids is 4. The number of amides is 1. The largest absolute Gasteiger partial charge is 0.464 e. The van der Waals surface area contributed by atoms with Crippen molar-refractivity contribution in [2.75, 3.05) is 33.2 Å². The van der Waals surface area contributed by atoms with Crippen LogP contribution in [0.4, 0.5) is 0 Å². The number of alkyl halides is 1. The molecule has 0 bridgehead atoms. The first-order valence-corrected chi connectivity index (χ1v) is 18.8. The second kappa shape index (κ2) is 21.4. The highest BCUT2D eigenvalue weighted by atomic mass is 79.9. The minimum Gasteiger partial charge on any atom is -0.464 e. The standard InChI is InChI=1S/C9H10Br2ClNO2.C8H8BrClN2O.C6H5BrClNO2.C6H6ClNO2/c1-15-9(14)8-7(12)6(11)5-13(8)4-2-3-10;9-5-4-12-3-1-2-11-8(13)7(12)6(5)10;1-11-6(10)5-4(8)3(7)2-9-5;1-10-6(9)5-4(7)2-3-8-5/h5H,2-4H2,1H3;4H,1-3H2,(H,11,13);2,9H,1H3;2-3,8H,1H3. The van der Waals surface area contributed by atoms with Gasteiger partial charge in [-0.3, -0.25) is 4.79 Å². The van der Waals surface area contributed by atoms with E-state index >= 15 is 0 Å². The van der Waals surface area contributed by atoms with Crippen LogP contribution in [-0.2, 0) is 27.3 Å². The summed E-state index contributed by atoms with van der Waals surface area (Å²) in [5.41, 5.74) is 1.52. The number of halogens is 8. The maximum Gasteiger partial charge on any atom is 0.356 e. The maximum atomic E-state index is 11.5. The first kappa shape index (κ1) is 43.2. The molecule has 0 unspecified atom stereocenters. The summed E-state index contributed by atoms with van der Waals surface area (Å²) >= 11 is 36.3. The molecule has 1 aliphatic heterocycles. The van der Waals surface area contributed by atoms with E-state index in [9.17, 15) is 19.2 Å². The Labute approximate surface area is 335 Å². The summed E-state index contributed by atoms with van der Waals surface area (Å²) in [7, 11) is 3.95. The Morgan fingerprint density at radius 2 is 1.45 bits per heavy atom. The van der Waals surface area contributed by atoms with Gasteiger partial charge in [0.1, 0.15) is 22.8 Å². The van der Waals surface area contributed by atoms with Crippen LogP contribution >= 0.6 is 110 Å². The van der Waals surface area contributed by atoms with Crippen molar-refractivity contribution in [3.05, 3.63) is 87.1 Å². The molecule has 0 atom stereocenters. The van der Waals surface area contributed by atoms with Gasteiger partial charge >= 0.3 is 17.9 Å². The Bertz CT molecular complexity index is 1760. The van der Waals surface area contributed by atoms with Gasteiger partial charge in [-0.1, -0.05) is 62.3 Å². The Kier molecular flexibility index (Phi) is 18.9. The highest BCUT2D eigenvalue weighted by Crippen LogP contribution is 2.30. The Morgan fingerprint density at radius 1 is 0.837 bits per heavy atom. The van der Waals surface area contributed by atoms with Crippen LogP contribution in [0, 0.1) is 0 Å². The zero-order valence-electron chi connectivity index (χ0n) is 25.9. The van der Waals surface area contributed by atoms with Crippen LogP contribution in [0.1, 0.15) is 54.8 Å². The summed E-state index contributed by atoms with van der Waals surface area (Å²) in [5.74, 6) is -1.43. The lowest BCUT2D eigenvalue weighted by Gasteiger charge is -2.06. The molecular formula is C29H29Br4Cl4N5O7. The van der Waals surface area contributed by atoms with Crippen LogP contribution in [-0.4, -0.2) is 76.1 Å². The van der Waals surface area contributed by atoms with E-state index in [1.54, 1.807) is 29.2 Å². The molecule has 0 aliphatic carbocycles. The number of aryl methyl sites for hydroxylation is 2. The number of hydrogen-bond acceptors (Lipinski definition) is 7. The maximum absolute atomic E-state index is 11.5. The number of ether oxygens (including phenoxy) is 3. The highest BCUT2D eigenvalue weighted by molar-refractivity contribution is 9.11. The Morgan fingerprint density at radius 3 is 1.98 bits per heavy atom. The first-order chi connectivity index (χ1) is 23.2. The zero-order valence-corrected chi connectivity index (χ0v) is 35.3. The molecule has 5 heterocycles. The predicted molar refractivity (Wildman–Crippen MR) is 203 cm³/mol. The van der Waals surface area contributed by atoms with Crippen molar-refractivity contribution in [2.45, 2.75) is 25.9 Å². The van der Waals surface area contributed by atoms with E-state index in [1.165, 1.54) is 21.3 Å². The van der Waals surface area contributed by atoms with E-state index in [4.69, 9.17) is 46.4 Å². The van der Waals surface area contributed by atoms with Gasteiger partial charge in [0, 0.05) is 49.8 Å². The van der Waals surface area contributed by atoms with Gasteiger partial charge in [0.25, 0.3) is 5.91 Å². The lowest BCUT2D eigenvalue weighted by Crippen LogP contribution is -2.23. The number of fused-ring (bicyclic) bond motifs is 1.